The lowest BCUT2D eigenvalue weighted by Crippen LogP contribution is -2.45. The number of carbonyl (C=O) groups is 1. The zero-order chi connectivity index (χ0) is 20.5. The van der Waals surface area contributed by atoms with Crippen molar-refractivity contribution in [3.05, 3.63) is 0 Å². The molecule has 1 amide bonds. The maximum atomic E-state index is 12.0. The Morgan fingerprint density at radius 1 is 1.27 bits per heavy atom. The van der Waals surface area contributed by atoms with Gasteiger partial charge in [0, 0.05) is 39.5 Å². The van der Waals surface area contributed by atoms with Crippen molar-refractivity contribution in [2.45, 2.75) is 52.7 Å². The molecular weight excluding hydrogens is 356 g/mol. The molecule has 0 saturated carbocycles. The standard InChI is InChI=1S/C17H36N4O4S/c1-13(12-21(7)16(22)25-17(3,4)5)11-19-15(18-6)20-14(2)9-10-26(8,23)24/h13-14H,9-12H2,1-8H3,(H2,18,19,20). The minimum Gasteiger partial charge on any atom is -0.444 e. The van der Waals surface area contributed by atoms with E-state index < -0.39 is 15.4 Å². The van der Waals surface area contributed by atoms with Crippen LogP contribution in [0.3, 0.4) is 0 Å². The zero-order valence-corrected chi connectivity index (χ0v) is 18.2. The highest BCUT2D eigenvalue weighted by atomic mass is 32.2. The molecule has 2 N–H and O–H groups in total. The number of carbonyl (C=O) groups excluding carboxylic acids is 1. The summed E-state index contributed by atoms with van der Waals surface area (Å²) in [7, 11) is 0.404. The number of nitrogens with one attached hydrogen (secondary N) is 2. The molecule has 0 saturated heterocycles. The highest BCUT2D eigenvalue weighted by Crippen LogP contribution is 2.10. The number of ether oxygens (including phenoxy) is 1. The molecule has 0 radical (unpaired) electrons. The Hall–Kier alpha value is -1.51. The van der Waals surface area contributed by atoms with Crippen LogP contribution >= 0.6 is 0 Å². The average molecular weight is 393 g/mol. The predicted molar refractivity (Wildman–Crippen MR) is 106 cm³/mol. The fourth-order valence-corrected chi connectivity index (χ4v) is 2.89. The number of aliphatic imine (C=N–C) groups is 1. The van der Waals surface area contributed by atoms with Crippen molar-refractivity contribution in [2.24, 2.45) is 10.9 Å². The highest BCUT2D eigenvalue weighted by Gasteiger charge is 2.20. The van der Waals surface area contributed by atoms with Gasteiger partial charge >= 0.3 is 6.09 Å². The summed E-state index contributed by atoms with van der Waals surface area (Å²) in [6.07, 6.45) is 1.40. The van der Waals surface area contributed by atoms with Crippen LogP contribution < -0.4 is 10.6 Å². The van der Waals surface area contributed by atoms with E-state index in [0.29, 0.717) is 25.5 Å². The van der Waals surface area contributed by atoms with Gasteiger partial charge in [-0.2, -0.15) is 0 Å². The van der Waals surface area contributed by atoms with Gasteiger partial charge in [0.05, 0.1) is 5.75 Å². The normalized spacial score (nSPS) is 15.2. The first-order valence-electron chi connectivity index (χ1n) is 8.82. The minimum absolute atomic E-state index is 0.0179. The van der Waals surface area contributed by atoms with Crippen molar-refractivity contribution in [2.75, 3.05) is 39.2 Å². The average Bonchev–Trinajstić information content (AvgIpc) is 2.46. The second kappa shape index (κ2) is 10.6. The van der Waals surface area contributed by atoms with Gasteiger partial charge in [-0.25, -0.2) is 13.2 Å². The summed E-state index contributed by atoms with van der Waals surface area (Å²) in [6.45, 7) is 10.6. The monoisotopic (exact) mass is 392 g/mol. The van der Waals surface area contributed by atoms with Crippen molar-refractivity contribution in [1.29, 1.82) is 0 Å². The van der Waals surface area contributed by atoms with Gasteiger partial charge in [0.1, 0.15) is 15.4 Å². The maximum absolute atomic E-state index is 12.0. The second-order valence-corrected chi connectivity index (χ2v) is 10.1. The van der Waals surface area contributed by atoms with E-state index in [1.165, 1.54) is 6.26 Å². The molecule has 0 rings (SSSR count). The lowest BCUT2D eigenvalue weighted by molar-refractivity contribution is 0.0278. The van der Waals surface area contributed by atoms with Crippen molar-refractivity contribution < 1.29 is 17.9 Å². The van der Waals surface area contributed by atoms with Crippen molar-refractivity contribution >= 4 is 21.9 Å². The van der Waals surface area contributed by atoms with Gasteiger partial charge in [-0.3, -0.25) is 4.99 Å². The first-order valence-corrected chi connectivity index (χ1v) is 10.9. The molecule has 9 heteroatoms. The molecule has 0 spiro atoms. The van der Waals surface area contributed by atoms with Gasteiger partial charge in [-0.1, -0.05) is 6.92 Å². The van der Waals surface area contributed by atoms with Crippen LogP contribution in [0.25, 0.3) is 0 Å². The molecule has 0 bridgehead atoms. The Morgan fingerprint density at radius 2 is 1.85 bits per heavy atom. The summed E-state index contributed by atoms with van der Waals surface area (Å²) in [6, 6.07) is -0.0179. The lowest BCUT2D eigenvalue weighted by Gasteiger charge is -2.27. The smallest absolute Gasteiger partial charge is 0.410 e. The quantitative estimate of drug-likeness (QED) is 0.479. The number of nitrogens with zero attached hydrogens (tertiary/aromatic N) is 2. The zero-order valence-electron chi connectivity index (χ0n) is 17.4. The number of guanidine groups is 1. The van der Waals surface area contributed by atoms with Crippen molar-refractivity contribution in [1.82, 2.24) is 15.5 Å². The Bertz CT molecular complexity index is 570. The topological polar surface area (TPSA) is 100 Å². The molecule has 0 aromatic heterocycles. The molecule has 0 aliphatic heterocycles. The third kappa shape index (κ3) is 12.8. The van der Waals surface area contributed by atoms with E-state index in [2.05, 4.69) is 15.6 Å². The van der Waals surface area contributed by atoms with E-state index in [4.69, 9.17) is 4.74 Å². The molecule has 2 atom stereocenters. The van der Waals surface area contributed by atoms with Crippen LogP contribution in [0.1, 0.15) is 41.0 Å². The number of rotatable bonds is 8. The van der Waals surface area contributed by atoms with Crippen LogP contribution in [0.4, 0.5) is 4.79 Å². The van der Waals surface area contributed by atoms with E-state index in [1.54, 1.807) is 19.0 Å². The Kier molecular flexibility index (Phi) is 9.98. The van der Waals surface area contributed by atoms with E-state index in [0.717, 1.165) is 0 Å². The van der Waals surface area contributed by atoms with E-state index >= 15 is 0 Å². The summed E-state index contributed by atoms with van der Waals surface area (Å²) in [4.78, 5) is 17.7. The first kappa shape index (κ1) is 24.5. The van der Waals surface area contributed by atoms with Gasteiger partial charge in [0.15, 0.2) is 5.96 Å². The largest absolute Gasteiger partial charge is 0.444 e. The van der Waals surface area contributed by atoms with Crippen LogP contribution in [0.15, 0.2) is 4.99 Å². The first-order chi connectivity index (χ1) is 11.7. The van der Waals surface area contributed by atoms with Crippen LogP contribution in [-0.2, 0) is 14.6 Å². The molecule has 0 heterocycles. The van der Waals surface area contributed by atoms with E-state index in [-0.39, 0.29) is 23.8 Å². The number of sulfone groups is 1. The number of amides is 1. The second-order valence-electron chi connectivity index (χ2n) is 7.88. The third-order valence-corrected chi connectivity index (χ3v) is 4.41. The van der Waals surface area contributed by atoms with Crippen LogP contribution in [0.2, 0.25) is 0 Å². The van der Waals surface area contributed by atoms with Crippen molar-refractivity contribution in [3.8, 4) is 0 Å². The van der Waals surface area contributed by atoms with Crippen molar-refractivity contribution in [3.63, 3.8) is 0 Å². The SMILES string of the molecule is CN=C(NCC(C)CN(C)C(=O)OC(C)(C)C)NC(C)CCS(C)(=O)=O. The Labute approximate surface area is 158 Å². The third-order valence-electron chi connectivity index (χ3n) is 3.44. The van der Waals surface area contributed by atoms with Gasteiger partial charge in [-0.05, 0) is 40.0 Å². The molecule has 0 aromatic carbocycles. The fourth-order valence-electron chi connectivity index (χ4n) is 2.11. The summed E-state index contributed by atoms with van der Waals surface area (Å²) < 4.78 is 27.8. The fraction of sp³-hybridized carbons (Fsp3) is 0.882. The predicted octanol–water partition coefficient (Wildman–Crippen LogP) is 1.48. The molecule has 0 aliphatic rings. The van der Waals surface area contributed by atoms with Crippen LogP contribution in [0.5, 0.6) is 0 Å². The van der Waals surface area contributed by atoms with Gasteiger partial charge in [0.2, 0.25) is 0 Å². The molecule has 26 heavy (non-hydrogen) atoms. The number of hydrogen-bond donors (Lipinski definition) is 2. The summed E-state index contributed by atoms with van der Waals surface area (Å²) in [5.41, 5.74) is -0.513. The van der Waals surface area contributed by atoms with E-state index in [1.807, 2.05) is 34.6 Å². The van der Waals surface area contributed by atoms with Crippen LogP contribution in [-0.4, -0.2) is 76.2 Å². The lowest BCUT2D eigenvalue weighted by atomic mass is 10.1. The number of hydrogen-bond acceptors (Lipinski definition) is 5. The molecule has 8 nitrogen and oxygen atoms in total. The van der Waals surface area contributed by atoms with Gasteiger partial charge in [-0.15, -0.1) is 0 Å². The molecule has 0 aliphatic carbocycles. The van der Waals surface area contributed by atoms with Crippen LogP contribution in [0, 0.1) is 5.92 Å². The summed E-state index contributed by atoms with van der Waals surface area (Å²) >= 11 is 0. The van der Waals surface area contributed by atoms with Gasteiger partial charge in [0.25, 0.3) is 0 Å². The molecule has 2 unspecified atom stereocenters. The highest BCUT2D eigenvalue weighted by molar-refractivity contribution is 7.90. The molecule has 0 fully saturated rings. The Morgan fingerprint density at radius 3 is 2.31 bits per heavy atom. The van der Waals surface area contributed by atoms with Gasteiger partial charge < -0.3 is 20.3 Å². The Balaban J connectivity index is 4.33. The summed E-state index contributed by atoms with van der Waals surface area (Å²) in [5.74, 6) is 0.921. The molecular formula is C17H36N4O4S. The molecule has 0 aromatic rings. The molecule has 154 valence electrons. The summed E-state index contributed by atoms with van der Waals surface area (Å²) in [5, 5.41) is 6.37. The maximum Gasteiger partial charge on any atom is 0.410 e. The van der Waals surface area contributed by atoms with E-state index in [9.17, 15) is 13.2 Å². The minimum atomic E-state index is -2.97.